The molecule has 1 aromatic carbocycles. The lowest BCUT2D eigenvalue weighted by Crippen LogP contribution is -2.21. The van der Waals surface area contributed by atoms with Crippen molar-refractivity contribution in [2.45, 2.75) is 19.4 Å². The summed E-state index contributed by atoms with van der Waals surface area (Å²) in [7, 11) is 1.48. The van der Waals surface area contributed by atoms with Crippen LogP contribution in [0.3, 0.4) is 0 Å². The summed E-state index contributed by atoms with van der Waals surface area (Å²) in [6.45, 7) is 2.09. The average molecular weight is 300 g/mol. The molecule has 6 heteroatoms. The molecule has 5 nitrogen and oxygen atoms in total. The molecule has 1 heterocycles. The molecule has 1 saturated heterocycles. The molecular weight excluding hydrogens is 282 g/mol. The molecule has 110 valence electrons. The zero-order valence-corrected chi connectivity index (χ0v) is 12.1. The van der Waals surface area contributed by atoms with E-state index in [0.717, 1.165) is 19.5 Å². The van der Waals surface area contributed by atoms with Gasteiger partial charge in [-0.05, 0) is 24.9 Å². The Morgan fingerprint density at radius 1 is 1.55 bits per heavy atom. The zero-order chi connectivity index (χ0) is 14.7. The number of hydrogen-bond donors (Lipinski definition) is 2. The Balaban J connectivity index is 2.04. The van der Waals surface area contributed by atoms with Crippen LogP contribution in [0.15, 0.2) is 12.1 Å². The highest BCUT2D eigenvalue weighted by molar-refractivity contribution is 6.30. The Hall–Kier alpha value is -1.46. The van der Waals surface area contributed by atoms with Crippen LogP contribution in [0.25, 0.3) is 0 Å². The van der Waals surface area contributed by atoms with E-state index in [4.69, 9.17) is 21.4 Å². The molecule has 0 spiro atoms. The highest BCUT2D eigenvalue weighted by Gasteiger charge is 2.25. The molecule has 0 bridgehead atoms. The van der Waals surface area contributed by atoms with Crippen molar-refractivity contribution in [3.05, 3.63) is 22.7 Å². The van der Waals surface area contributed by atoms with Crippen molar-refractivity contribution in [1.82, 2.24) is 4.90 Å². The number of carbonyl (C=O) groups is 1. The van der Waals surface area contributed by atoms with Crippen molar-refractivity contribution < 1.29 is 19.7 Å². The van der Waals surface area contributed by atoms with Crippen molar-refractivity contribution in [2.24, 2.45) is 5.92 Å². The highest BCUT2D eigenvalue weighted by Crippen LogP contribution is 2.35. The van der Waals surface area contributed by atoms with Gasteiger partial charge in [0.05, 0.1) is 7.11 Å². The molecule has 1 atom stereocenters. The molecule has 2 rings (SSSR count). The number of benzene rings is 1. The fourth-order valence-corrected chi connectivity index (χ4v) is 2.85. The lowest BCUT2D eigenvalue weighted by atomic mass is 10.1. The Labute approximate surface area is 122 Å². The molecule has 0 aromatic heterocycles. The van der Waals surface area contributed by atoms with E-state index in [1.165, 1.54) is 7.11 Å². The van der Waals surface area contributed by atoms with Gasteiger partial charge in [-0.15, -0.1) is 0 Å². The number of carboxylic acids is 1. The van der Waals surface area contributed by atoms with E-state index in [0.29, 0.717) is 22.9 Å². The van der Waals surface area contributed by atoms with Crippen LogP contribution in [0.4, 0.5) is 0 Å². The van der Waals surface area contributed by atoms with Crippen LogP contribution in [-0.2, 0) is 11.3 Å². The topological polar surface area (TPSA) is 70.0 Å². The lowest BCUT2D eigenvalue weighted by Gasteiger charge is -2.18. The summed E-state index contributed by atoms with van der Waals surface area (Å²) in [5, 5.41) is 19.4. The molecule has 0 amide bonds. The first kappa shape index (κ1) is 14.9. The third-order valence-corrected chi connectivity index (χ3v) is 3.78. The maximum atomic E-state index is 10.7. The number of ether oxygens (including phenoxy) is 1. The van der Waals surface area contributed by atoms with Crippen LogP contribution in [0.1, 0.15) is 18.4 Å². The van der Waals surface area contributed by atoms with E-state index in [-0.39, 0.29) is 18.1 Å². The molecule has 20 heavy (non-hydrogen) atoms. The van der Waals surface area contributed by atoms with Crippen LogP contribution in [0, 0.1) is 5.92 Å². The number of phenolic OH excluding ortho intramolecular Hbond substituents is 1. The van der Waals surface area contributed by atoms with E-state index in [1.807, 2.05) is 0 Å². The third-order valence-electron chi connectivity index (χ3n) is 3.57. The summed E-state index contributed by atoms with van der Waals surface area (Å²) >= 11 is 6.00. The van der Waals surface area contributed by atoms with Crippen molar-refractivity contribution in [1.29, 1.82) is 0 Å². The number of aliphatic carboxylic acids is 1. The maximum Gasteiger partial charge on any atom is 0.303 e. The number of methoxy groups -OCH3 is 1. The Bertz CT molecular complexity index is 506. The van der Waals surface area contributed by atoms with Gasteiger partial charge in [0.15, 0.2) is 11.5 Å². The van der Waals surface area contributed by atoms with Gasteiger partial charge in [0.1, 0.15) is 0 Å². The van der Waals surface area contributed by atoms with Gasteiger partial charge < -0.3 is 14.9 Å². The van der Waals surface area contributed by atoms with Gasteiger partial charge in [-0.25, -0.2) is 0 Å². The first-order valence-electron chi connectivity index (χ1n) is 6.49. The van der Waals surface area contributed by atoms with E-state index < -0.39 is 5.97 Å². The molecule has 0 radical (unpaired) electrons. The van der Waals surface area contributed by atoms with Gasteiger partial charge in [-0.2, -0.15) is 0 Å². The Morgan fingerprint density at radius 3 is 2.95 bits per heavy atom. The van der Waals surface area contributed by atoms with Crippen LogP contribution in [0.5, 0.6) is 11.5 Å². The number of likely N-dealkylation sites (tertiary alicyclic amines) is 1. The minimum absolute atomic E-state index is 0.0959. The van der Waals surface area contributed by atoms with Crippen molar-refractivity contribution in [2.75, 3.05) is 20.2 Å². The molecule has 0 saturated carbocycles. The van der Waals surface area contributed by atoms with Crippen molar-refractivity contribution >= 4 is 17.6 Å². The third kappa shape index (κ3) is 3.55. The van der Waals surface area contributed by atoms with E-state index in [9.17, 15) is 9.90 Å². The predicted octanol–water partition coefficient (Wildman–Crippen LogP) is 2.35. The largest absolute Gasteiger partial charge is 0.504 e. The second-order valence-electron chi connectivity index (χ2n) is 5.10. The fraction of sp³-hybridized carbons (Fsp3) is 0.500. The van der Waals surface area contributed by atoms with Gasteiger partial charge >= 0.3 is 5.97 Å². The summed E-state index contributed by atoms with van der Waals surface area (Å²) in [6.07, 6.45) is 1.06. The van der Waals surface area contributed by atoms with E-state index >= 15 is 0 Å². The standard InChI is InChI=1S/C14H18ClNO4/c1-20-12-6-11(15)5-10(14(12)19)8-16-3-2-9(7-16)4-13(17)18/h5-6,9,19H,2-4,7-8H2,1H3,(H,17,18). The Kier molecular flexibility index (Phi) is 4.73. The summed E-state index contributed by atoms with van der Waals surface area (Å²) in [4.78, 5) is 12.8. The second kappa shape index (κ2) is 6.33. The first-order valence-corrected chi connectivity index (χ1v) is 6.87. The summed E-state index contributed by atoms with van der Waals surface area (Å²) in [6, 6.07) is 3.28. The summed E-state index contributed by atoms with van der Waals surface area (Å²) in [5.41, 5.74) is 0.699. The van der Waals surface area contributed by atoms with E-state index in [1.54, 1.807) is 12.1 Å². The zero-order valence-electron chi connectivity index (χ0n) is 11.3. The Morgan fingerprint density at radius 2 is 2.30 bits per heavy atom. The predicted molar refractivity (Wildman–Crippen MR) is 75.3 cm³/mol. The fourth-order valence-electron chi connectivity index (χ4n) is 2.62. The molecule has 1 unspecified atom stereocenters. The number of phenols is 1. The van der Waals surface area contributed by atoms with Gasteiger partial charge in [-0.3, -0.25) is 9.69 Å². The molecular formula is C14H18ClNO4. The average Bonchev–Trinajstić information content (AvgIpc) is 2.79. The van der Waals surface area contributed by atoms with Crippen LogP contribution in [0.2, 0.25) is 5.02 Å². The normalized spacial score (nSPS) is 19.2. The molecule has 0 aliphatic carbocycles. The number of rotatable bonds is 5. The number of hydrogen-bond acceptors (Lipinski definition) is 4. The SMILES string of the molecule is COc1cc(Cl)cc(CN2CCC(CC(=O)O)C2)c1O. The van der Waals surface area contributed by atoms with Crippen LogP contribution < -0.4 is 4.74 Å². The van der Waals surface area contributed by atoms with Gasteiger partial charge in [-0.1, -0.05) is 11.6 Å². The monoisotopic (exact) mass is 299 g/mol. The van der Waals surface area contributed by atoms with Crippen LogP contribution >= 0.6 is 11.6 Å². The quantitative estimate of drug-likeness (QED) is 0.873. The molecule has 1 aliphatic rings. The molecule has 1 aliphatic heterocycles. The molecule has 1 aromatic rings. The minimum Gasteiger partial charge on any atom is -0.504 e. The number of carboxylic acid groups (broad SMARTS) is 1. The van der Waals surface area contributed by atoms with Gasteiger partial charge in [0.2, 0.25) is 0 Å². The van der Waals surface area contributed by atoms with E-state index in [2.05, 4.69) is 4.90 Å². The van der Waals surface area contributed by atoms with Crippen LogP contribution in [-0.4, -0.2) is 41.3 Å². The highest BCUT2D eigenvalue weighted by atomic mass is 35.5. The van der Waals surface area contributed by atoms with Gasteiger partial charge in [0, 0.05) is 36.2 Å². The number of aromatic hydroxyl groups is 1. The summed E-state index contributed by atoms with van der Waals surface area (Å²) in [5.74, 6) is -0.132. The van der Waals surface area contributed by atoms with Gasteiger partial charge in [0.25, 0.3) is 0 Å². The smallest absolute Gasteiger partial charge is 0.303 e. The molecule has 1 fully saturated rings. The first-order chi connectivity index (χ1) is 9.49. The second-order valence-corrected chi connectivity index (χ2v) is 5.54. The maximum absolute atomic E-state index is 10.7. The number of nitrogens with zero attached hydrogens (tertiary/aromatic N) is 1. The van der Waals surface area contributed by atoms with Crippen molar-refractivity contribution in [3.8, 4) is 11.5 Å². The van der Waals surface area contributed by atoms with Crippen molar-refractivity contribution in [3.63, 3.8) is 0 Å². The summed E-state index contributed by atoms with van der Waals surface area (Å²) < 4.78 is 5.07. The molecule has 2 N–H and O–H groups in total. The number of halogens is 1. The lowest BCUT2D eigenvalue weighted by molar-refractivity contribution is -0.138. The minimum atomic E-state index is -0.760.